The standard InChI is InChI=1S/C19H12F5N3O5/c20-17(21)32-12-7-6-10(27(30)31)8-11(12)15-13(16(28)19(22,23)24)14(25-18(29)26-15)9-4-2-1-3-5-9/h1-8,15,17H,(H2,25,26,29)/t15-/m1/s1. The number of hydrogen-bond acceptors (Lipinski definition) is 5. The Bertz CT molecular complexity index is 1100. The van der Waals surface area contributed by atoms with Crippen molar-refractivity contribution >= 4 is 23.2 Å². The Morgan fingerprint density at radius 2 is 1.78 bits per heavy atom. The molecule has 2 amide bonds. The highest BCUT2D eigenvalue weighted by molar-refractivity contribution is 6.10. The summed E-state index contributed by atoms with van der Waals surface area (Å²) in [6, 6.07) is 6.15. The van der Waals surface area contributed by atoms with Crippen molar-refractivity contribution in [2.24, 2.45) is 0 Å². The molecule has 3 rings (SSSR count). The third-order valence-corrected chi connectivity index (χ3v) is 4.37. The normalized spacial score (nSPS) is 16.4. The van der Waals surface area contributed by atoms with Crippen molar-refractivity contribution in [3.63, 3.8) is 0 Å². The van der Waals surface area contributed by atoms with Gasteiger partial charge >= 0.3 is 18.8 Å². The molecule has 0 fully saturated rings. The first-order valence-electron chi connectivity index (χ1n) is 8.70. The number of rotatable bonds is 6. The summed E-state index contributed by atoms with van der Waals surface area (Å²) in [6.45, 7) is -3.44. The molecule has 0 bridgehead atoms. The number of carbonyl (C=O) groups is 2. The third-order valence-electron chi connectivity index (χ3n) is 4.37. The molecule has 0 radical (unpaired) electrons. The van der Waals surface area contributed by atoms with Gasteiger partial charge in [0.25, 0.3) is 11.5 Å². The number of Topliss-reactive ketones (excluding diaryl/α,β-unsaturated/α-hetero) is 1. The van der Waals surface area contributed by atoms with E-state index in [1.807, 2.05) is 5.32 Å². The molecule has 8 nitrogen and oxygen atoms in total. The number of benzene rings is 2. The van der Waals surface area contributed by atoms with Crippen LogP contribution in [0.15, 0.2) is 54.1 Å². The van der Waals surface area contributed by atoms with Crippen molar-refractivity contribution in [1.82, 2.24) is 10.6 Å². The quantitative estimate of drug-likeness (QED) is 0.386. The number of ketones is 1. The van der Waals surface area contributed by atoms with Crippen molar-refractivity contribution in [1.29, 1.82) is 0 Å². The SMILES string of the molecule is O=C1NC(c2ccccc2)=C(C(=O)C(F)(F)F)[C@@H](c2cc([N+](=O)[O-])ccc2OC(F)F)N1. The average molecular weight is 457 g/mol. The Morgan fingerprint density at radius 3 is 2.34 bits per heavy atom. The van der Waals surface area contributed by atoms with Crippen LogP contribution in [0.25, 0.3) is 5.70 Å². The molecule has 2 aromatic carbocycles. The van der Waals surface area contributed by atoms with Gasteiger partial charge in [-0.3, -0.25) is 14.9 Å². The van der Waals surface area contributed by atoms with E-state index in [2.05, 4.69) is 10.1 Å². The van der Waals surface area contributed by atoms with Gasteiger partial charge in [-0.05, 0) is 11.6 Å². The van der Waals surface area contributed by atoms with Gasteiger partial charge in [0, 0.05) is 17.7 Å². The zero-order valence-corrected chi connectivity index (χ0v) is 15.7. The molecule has 1 heterocycles. The number of non-ortho nitro benzene ring substituents is 1. The van der Waals surface area contributed by atoms with E-state index in [0.29, 0.717) is 6.07 Å². The van der Waals surface area contributed by atoms with Crippen molar-refractivity contribution in [2.45, 2.75) is 18.8 Å². The van der Waals surface area contributed by atoms with Crippen LogP contribution in [0.4, 0.5) is 32.4 Å². The Kier molecular flexibility index (Phi) is 6.09. The predicted molar refractivity (Wildman–Crippen MR) is 98.6 cm³/mol. The highest BCUT2D eigenvalue weighted by Crippen LogP contribution is 2.40. The van der Waals surface area contributed by atoms with Crippen molar-refractivity contribution in [3.8, 4) is 5.75 Å². The Morgan fingerprint density at radius 1 is 1.12 bits per heavy atom. The van der Waals surface area contributed by atoms with E-state index in [1.54, 1.807) is 0 Å². The van der Waals surface area contributed by atoms with Gasteiger partial charge in [-0.1, -0.05) is 30.3 Å². The van der Waals surface area contributed by atoms with Crippen LogP contribution in [0, 0.1) is 10.1 Å². The van der Waals surface area contributed by atoms with Crippen LogP contribution in [0.1, 0.15) is 17.2 Å². The lowest BCUT2D eigenvalue weighted by atomic mass is 9.89. The van der Waals surface area contributed by atoms with Gasteiger partial charge < -0.3 is 15.4 Å². The summed E-state index contributed by atoms with van der Waals surface area (Å²) in [5, 5.41) is 15.3. The molecule has 32 heavy (non-hydrogen) atoms. The summed E-state index contributed by atoms with van der Waals surface area (Å²) in [7, 11) is 0. The van der Waals surface area contributed by atoms with Crippen LogP contribution in [0.2, 0.25) is 0 Å². The average Bonchev–Trinajstić information content (AvgIpc) is 2.72. The first-order chi connectivity index (χ1) is 15.0. The van der Waals surface area contributed by atoms with Crippen LogP contribution in [-0.4, -0.2) is 29.5 Å². The molecule has 0 aromatic heterocycles. The molecule has 1 atom stereocenters. The Labute approximate surface area is 175 Å². The topological polar surface area (TPSA) is 111 Å². The van der Waals surface area contributed by atoms with E-state index >= 15 is 0 Å². The summed E-state index contributed by atoms with van der Waals surface area (Å²) in [5.41, 5.74) is -2.88. The number of alkyl halides is 5. The van der Waals surface area contributed by atoms with Gasteiger partial charge in [0.05, 0.1) is 22.2 Å². The number of nitro benzene ring substituents is 1. The molecule has 2 aromatic rings. The molecule has 0 saturated heterocycles. The number of nitrogens with zero attached hydrogens (tertiary/aromatic N) is 1. The van der Waals surface area contributed by atoms with E-state index in [9.17, 15) is 41.7 Å². The predicted octanol–water partition coefficient (Wildman–Crippen LogP) is 4.09. The van der Waals surface area contributed by atoms with Crippen molar-refractivity contribution in [2.75, 3.05) is 0 Å². The molecule has 2 N–H and O–H groups in total. The Balaban J connectivity index is 2.32. The molecule has 13 heteroatoms. The highest BCUT2D eigenvalue weighted by Gasteiger charge is 2.47. The summed E-state index contributed by atoms with van der Waals surface area (Å²) < 4.78 is 70.4. The summed E-state index contributed by atoms with van der Waals surface area (Å²) in [5.74, 6) is -3.14. The minimum atomic E-state index is -5.41. The van der Waals surface area contributed by atoms with E-state index in [4.69, 9.17) is 0 Å². The fourth-order valence-electron chi connectivity index (χ4n) is 3.11. The lowest BCUT2D eigenvalue weighted by molar-refractivity contribution is -0.385. The van der Waals surface area contributed by atoms with Gasteiger partial charge in [0.1, 0.15) is 5.75 Å². The summed E-state index contributed by atoms with van der Waals surface area (Å²) in [4.78, 5) is 34.8. The first kappa shape index (κ1) is 22.7. The van der Waals surface area contributed by atoms with Gasteiger partial charge in [0.2, 0.25) is 0 Å². The van der Waals surface area contributed by atoms with Crippen molar-refractivity contribution in [3.05, 3.63) is 75.3 Å². The van der Waals surface area contributed by atoms with E-state index < -0.39 is 63.8 Å². The van der Waals surface area contributed by atoms with E-state index in [-0.39, 0.29) is 5.56 Å². The van der Waals surface area contributed by atoms with Gasteiger partial charge in [-0.25, -0.2) is 4.79 Å². The summed E-state index contributed by atoms with van der Waals surface area (Å²) >= 11 is 0. The van der Waals surface area contributed by atoms with E-state index in [0.717, 1.165) is 12.1 Å². The number of urea groups is 1. The monoisotopic (exact) mass is 457 g/mol. The maximum absolute atomic E-state index is 13.4. The second-order valence-corrected chi connectivity index (χ2v) is 6.37. The highest BCUT2D eigenvalue weighted by atomic mass is 19.4. The van der Waals surface area contributed by atoms with Gasteiger partial charge in [-0.15, -0.1) is 0 Å². The van der Waals surface area contributed by atoms with Crippen LogP contribution in [0.3, 0.4) is 0 Å². The van der Waals surface area contributed by atoms with Crippen LogP contribution in [-0.2, 0) is 4.79 Å². The fraction of sp³-hybridized carbons (Fsp3) is 0.158. The number of nitrogens with one attached hydrogen (secondary N) is 2. The summed E-state index contributed by atoms with van der Waals surface area (Å²) in [6.07, 6.45) is -5.41. The number of ether oxygens (including phenoxy) is 1. The maximum Gasteiger partial charge on any atom is 0.454 e. The minimum Gasteiger partial charge on any atom is -0.434 e. The van der Waals surface area contributed by atoms with Gasteiger partial charge in [0.15, 0.2) is 0 Å². The molecule has 0 aliphatic carbocycles. The second-order valence-electron chi connectivity index (χ2n) is 6.37. The van der Waals surface area contributed by atoms with Gasteiger partial charge in [-0.2, -0.15) is 22.0 Å². The van der Waals surface area contributed by atoms with E-state index in [1.165, 1.54) is 30.3 Å². The maximum atomic E-state index is 13.4. The third kappa shape index (κ3) is 4.66. The number of hydrogen-bond donors (Lipinski definition) is 2. The second kappa shape index (κ2) is 8.61. The molecular weight excluding hydrogens is 445 g/mol. The van der Waals surface area contributed by atoms with Crippen molar-refractivity contribution < 1.29 is 41.2 Å². The zero-order valence-electron chi connectivity index (χ0n) is 15.7. The zero-order chi connectivity index (χ0) is 23.6. The molecule has 0 saturated carbocycles. The van der Waals surface area contributed by atoms with Crippen LogP contribution < -0.4 is 15.4 Å². The largest absolute Gasteiger partial charge is 0.454 e. The minimum absolute atomic E-state index is 0.0155. The fourth-order valence-corrected chi connectivity index (χ4v) is 3.11. The Hall–Kier alpha value is -4.03. The lowest BCUT2D eigenvalue weighted by Crippen LogP contribution is -2.47. The molecule has 168 valence electrons. The number of halogens is 5. The first-order valence-corrected chi connectivity index (χ1v) is 8.70. The molecule has 1 aliphatic heterocycles. The smallest absolute Gasteiger partial charge is 0.434 e. The number of carbonyl (C=O) groups excluding carboxylic acids is 2. The lowest BCUT2D eigenvalue weighted by Gasteiger charge is -2.31. The van der Waals surface area contributed by atoms with Crippen LogP contribution >= 0.6 is 0 Å². The molecule has 0 unspecified atom stereocenters. The molecule has 1 aliphatic rings. The molecule has 0 spiro atoms. The number of nitro groups is 1. The number of amides is 2. The van der Waals surface area contributed by atoms with Crippen LogP contribution in [0.5, 0.6) is 5.75 Å². The molecular formula is C19H12F5N3O5.